The minimum atomic E-state index is -0.258. The van der Waals surface area contributed by atoms with Crippen LogP contribution in [0.4, 0.5) is 0 Å². The first-order valence-electron chi connectivity index (χ1n) is 7.08. The molecule has 1 aromatic carbocycles. The lowest BCUT2D eigenvalue weighted by Crippen LogP contribution is -2.31. The van der Waals surface area contributed by atoms with Gasteiger partial charge in [-0.15, -0.1) is 16.8 Å². The molecule has 1 aromatic heterocycles. The number of rotatable bonds is 6. The van der Waals surface area contributed by atoms with Crippen LogP contribution in [0.3, 0.4) is 0 Å². The highest BCUT2D eigenvalue weighted by molar-refractivity contribution is 8.00. The number of carbonyl (C=O) groups excluding carboxylic acids is 1. The fraction of sp³-hybridized carbons (Fsp3) is 0.312. The second kappa shape index (κ2) is 7.26. The van der Waals surface area contributed by atoms with Crippen LogP contribution in [0.25, 0.3) is 5.69 Å². The predicted octanol–water partition coefficient (Wildman–Crippen LogP) is 2.67. The van der Waals surface area contributed by atoms with E-state index in [1.807, 2.05) is 49.6 Å². The SMILES string of the molecule is C=CCNC(=O)C(C)Sc1nnc(C)n1-c1ccccc1C. The van der Waals surface area contributed by atoms with Crippen molar-refractivity contribution < 1.29 is 4.79 Å². The predicted molar refractivity (Wildman–Crippen MR) is 89.4 cm³/mol. The van der Waals surface area contributed by atoms with Gasteiger partial charge in [0, 0.05) is 6.54 Å². The van der Waals surface area contributed by atoms with Crippen molar-refractivity contribution in [2.45, 2.75) is 31.2 Å². The lowest BCUT2D eigenvalue weighted by molar-refractivity contribution is -0.120. The van der Waals surface area contributed by atoms with Crippen LogP contribution in [-0.4, -0.2) is 32.5 Å². The molecule has 0 fully saturated rings. The molecule has 1 heterocycles. The number of aryl methyl sites for hydroxylation is 2. The van der Waals surface area contributed by atoms with E-state index in [-0.39, 0.29) is 11.2 Å². The number of para-hydroxylation sites is 1. The molecule has 1 unspecified atom stereocenters. The number of benzene rings is 1. The van der Waals surface area contributed by atoms with Crippen LogP contribution in [0.1, 0.15) is 18.3 Å². The fourth-order valence-corrected chi connectivity index (χ4v) is 2.97. The van der Waals surface area contributed by atoms with Gasteiger partial charge in [0.25, 0.3) is 0 Å². The smallest absolute Gasteiger partial charge is 0.233 e. The summed E-state index contributed by atoms with van der Waals surface area (Å²) in [7, 11) is 0. The Bertz CT molecular complexity index is 681. The first-order chi connectivity index (χ1) is 10.5. The van der Waals surface area contributed by atoms with Gasteiger partial charge >= 0.3 is 0 Å². The van der Waals surface area contributed by atoms with E-state index in [1.165, 1.54) is 11.8 Å². The van der Waals surface area contributed by atoms with Crippen molar-refractivity contribution in [2.75, 3.05) is 6.54 Å². The molecule has 1 N–H and O–H groups in total. The van der Waals surface area contributed by atoms with E-state index < -0.39 is 0 Å². The highest BCUT2D eigenvalue weighted by atomic mass is 32.2. The zero-order chi connectivity index (χ0) is 16.1. The molecule has 0 saturated heterocycles. The minimum absolute atomic E-state index is 0.0399. The molecule has 0 spiro atoms. The summed E-state index contributed by atoms with van der Waals surface area (Å²) in [5.41, 5.74) is 2.17. The lowest BCUT2D eigenvalue weighted by atomic mass is 10.2. The second-order valence-electron chi connectivity index (χ2n) is 4.95. The molecule has 0 aliphatic rings. The molecule has 116 valence electrons. The Kier molecular flexibility index (Phi) is 5.38. The summed E-state index contributed by atoms with van der Waals surface area (Å²) in [6, 6.07) is 8.05. The molecule has 5 nitrogen and oxygen atoms in total. The minimum Gasteiger partial charge on any atom is -0.352 e. The summed E-state index contributed by atoms with van der Waals surface area (Å²) >= 11 is 1.40. The van der Waals surface area contributed by atoms with Crippen molar-refractivity contribution >= 4 is 17.7 Å². The highest BCUT2D eigenvalue weighted by Gasteiger charge is 2.19. The molecule has 0 radical (unpaired) electrons. The third-order valence-corrected chi connectivity index (χ3v) is 4.27. The van der Waals surface area contributed by atoms with Gasteiger partial charge in [0.1, 0.15) is 5.82 Å². The van der Waals surface area contributed by atoms with Crippen LogP contribution in [-0.2, 0) is 4.79 Å². The molecule has 1 amide bonds. The van der Waals surface area contributed by atoms with Gasteiger partial charge in [-0.1, -0.05) is 36.0 Å². The second-order valence-corrected chi connectivity index (χ2v) is 6.25. The molecule has 2 aromatic rings. The Morgan fingerprint density at radius 1 is 1.41 bits per heavy atom. The maximum absolute atomic E-state index is 12.0. The number of hydrogen-bond acceptors (Lipinski definition) is 4. The summed E-state index contributed by atoms with van der Waals surface area (Å²) in [5, 5.41) is 11.6. The number of thioether (sulfide) groups is 1. The third-order valence-electron chi connectivity index (χ3n) is 3.22. The van der Waals surface area contributed by atoms with E-state index in [9.17, 15) is 4.79 Å². The van der Waals surface area contributed by atoms with Gasteiger partial charge in [-0.2, -0.15) is 0 Å². The van der Waals surface area contributed by atoms with E-state index in [2.05, 4.69) is 22.1 Å². The Morgan fingerprint density at radius 3 is 2.82 bits per heavy atom. The van der Waals surface area contributed by atoms with Crippen LogP contribution in [0.5, 0.6) is 0 Å². The summed E-state index contributed by atoms with van der Waals surface area (Å²) < 4.78 is 1.98. The van der Waals surface area contributed by atoms with Gasteiger partial charge in [0.15, 0.2) is 5.16 Å². The molecule has 22 heavy (non-hydrogen) atoms. The quantitative estimate of drug-likeness (QED) is 0.657. The van der Waals surface area contributed by atoms with Crippen molar-refractivity contribution in [3.63, 3.8) is 0 Å². The zero-order valence-corrected chi connectivity index (χ0v) is 13.9. The van der Waals surface area contributed by atoms with Crippen molar-refractivity contribution in [1.82, 2.24) is 20.1 Å². The maximum atomic E-state index is 12.0. The number of amides is 1. The van der Waals surface area contributed by atoms with Crippen molar-refractivity contribution in [3.8, 4) is 5.69 Å². The topological polar surface area (TPSA) is 59.8 Å². The molecule has 2 rings (SSSR count). The largest absolute Gasteiger partial charge is 0.352 e. The molecule has 1 atom stereocenters. The fourth-order valence-electron chi connectivity index (χ4n) is 2.04. The van der Waals surface area contributed by atoms with Gasteiger partial charge in [-0.3, -0.25) is 9.36 Å². The van der Waals surface area contributed by atoms with Crippen molar-refractivity contribution in [2.24, 2.45) is 0 Å². The van der Waals surface area contributed by atoms with Crippen LogP contribution >= 0.6 is 11.8 Å². The summed E-state index contributed by atoms with van der Waals surface area (Å²) in [6.45, 7) is 9.87. The molecular formula is C16H20N4OS. The van der Waals surface area contributed by atoms with Crippen LogP contribution in [0, 0.1) is 13.8 Å². The Balaban J connectivity index is 2.25. The number of carbonyl (C=O) groups is 1. The molecule has 0 aliphatic carbocycles. The summed E-state index contributed by atoms with van der Waals surface area (Å²) in [5.74, 6) is 0.761. The monoisotopic (exact) mass is 316 g/mol. The first kappa shape index (κ1) is 16.3. The van der Waals surface area contributed by atoms with Gasteiger partial charge in [0.05, 0.1) is 10.9 Å². The lowest BCUT2D eigenvalue weighted by Gasteiger charge is -2.14. The average Bonchev–Trinajstić information content (AvgIpc) is 2.86. The number of aromatic nitrogens is 3. The van der Waals surface area contributed by atoms with Crippen molar-refractivity contribution in [1.29, 1.82) is 0 Å². The molecular weight excluding hydrogens is 296 g/mol. The number of hydrogen-bond donors (Lipinski definition) is 1. The van der Waals surface area contributed by atoms with E-state index >= 15 is 0 Å². The Labute approximate surface area is 134 Å². The van der Waals surface area contributed by atoms with Crippen LogP contribution in [0.2, 0.25) is 0 Å². The van der Waals surface area contributed by atoms with Crippen LogP contribution < -0.4 is 5.32 Å². The van der Waals surface area contributed by atoms with E-state index in [0.717, 1.165) is 17.1 Å². The Morgan fingerprint density at radius 2 is 2.14 bits per heavy atom. The van der Waals surface area contributed by atoms with E-state index in [0.29, 0.717) is 11.7 Å². The van der Waals surface area contributed by atoms with Gasteiger partial charge in [0.2, 0.25) is 5.91 Å². The average molecular weight is 316 g/mol. The van der Waals surface area contributed by atoms with Gasteiger partial charge < -0.3 is 5.32 Å². The number of nitrogens with one attached hydrogen (secondary N) is 1. The summed E-state index contributed by atoms with van der Waals surface area (Å²) in [6.07, 6.45) is 1.66. The standard InChI is InChI=1S/C16H20N4OS/c1-5-10-17-15(21)12(3)22-16-19-18-13(4)20(16)14-9-7-6-8-11(14)2/h5-9,12H,1,10H2,2-4H3,(H,17,21). The first-order valence-corrected chi connectivity index (χ1v) is 7.96. The Hall–Kier alpha value is -2.08. The van der Waals surface area contributed by atoms with E-state index in [4.69, 9.17) is 0 Å². The van der Waals surface area contributed by atoms with E-state index in [1.54, 1.807) is 6.08 Å². The highest BCUT2D eigenvalue weighted by Crippen LogP contribution is 2.26. The maximum Gasteiger partial charge on any atom is 0.233 e. The zero-order valence-electron chi connectivity index (χ0n) is 13.0. The van der Waals surface area contributed by atoms with Gasteiger partial charge in [-0.25, -0.2) is 0 Å². The third kappa shape index (κ3) is 3.57. The van der Waals surface area contributed by atoms with Gasteiger partial charge in [-0.05, 0) is 32.4 Å². The molecule has 0 aliphatic heterocycles. The normalized spacial score (nSPS) is 12.0. The van der Waals surface area contributed by atoms with Crippen molar-refractivity contribution in [3.05, 3.63) is 48.3 Å². The van der Waals surface area contributed by atoms with Crippen LogP contribution in [0.15, 0.2) is 42.1 Å². The molecule has 0 bridgehead atoms. The number of nitrogens with zero attached hydrogens (tertiary/aromatic N) is 3. The molecule has 6 heteroatoms. The summed E-state index contributed by atoms with van der Waals surface area (Å²) in [4.78, 5) is 12.0. The molecule has 0 saturated carbocycles.